The largest absolute Gasteiger partial charge is 0.466 e. The Kier molecular flexibility index (Phi) is 6.84. The first kappa shape index (κ1) is 16.0. The van der Waals surface area contributed by atoms with Gasteiger partial charge >= 0.3 is 5.97 Å². The van der Waals surface area contributed by atoms with E-state index in [4.69, 9.17) is 4.74 Å². The lowest BCUT2D eigenvalue weighted by Gasteiger charge is -2.35. The average Bonchev–Trinajstić information content (AvgIpc) is 2.36. The van der Waals surface area contributed by atoms with Crippen LogP contribution in [0, 0.1) is 5.92 Å². The molecule has 1 rings (SSSR count). The van der Waals surface area contributed by atoms with Crippen LogP contribution in [-0.2, 0) is 14.3 Å². The number of carbonyl (C=O) groups excluding carboxylic acids is 2. The molecule has 1 aliphatic rings. The molecule has 0 aromatic rings. The smallest absolute Gasteiger partial charge is 0.306 e. The van der Waals surface area contributed by atoms with Gasteiger partial charge < -0.3 is 9.64 Å². The van der Waals surface area contributed by atoms with Crippen LogP contribution in [0.5, 0.6) is 0 Å². The monoisotopic (exact) mass is 270 g/mol. The van der Waals surface area contributed by atoms with Crippen LogP contribution in [0.1, 0.15) is 33.6 Å². The van der Waals surface area contributed by atoms with Crippen molar-refractivity contribution in [2.24, 2.45) is 5.92 Å². The molecule has 0 aromatic carbocycles. The van der Waals surface area contributed by atoms with Gasteiger partial charge in [0.25, 0.3) is 0 Å². The number of nitrogens with zero attached hydrogens (tertiary/aromatic N) is 2. The number of amides is 1. The van der Waals surface area contributed by atoms with Crippen molar-refractivity contribution in [3.63, 3.8) is 0 Å². The van der Waals surface area contributed by atoms with Crippen molar-refractivity contribution in [3.05, 3.63) is 0 Å². The summed E-state index contributed by atoms with van der Waals surface area (Å²) in [5, 5.41) is 0. The summed E-state index contributed by atoms with van der Waals surface area (Å²) in [7, 11) is 0. The zero-order valence-electron chi connectivity index (χ0n) is 12.4. The molecule has 5 heteroatoms. The van der Waals surface area contributed by atoms with Crippen LogP contribution in [0.2, 0.25) is 0 Å². The number of hydrogen-bond donors (Lipinski definition) is 0. The summed E-state index contributed by atoms with van der Waals surface area (Å²) in [5.41, 5.74) is 0. The molecule has 0 aromatic heterocycles. The number of esters is 1. The van der Waals surface area contributed by atoms with Crippen LogP contribution in [0.4, 0.5) is 0 Å². The molecule has 110 valence electrons. The maximum absolute atomic E-state index is 11.9. The summed E-state index contributed by atoms with van der Waals surface area (Å²) in [5.74, 6) is 0.442. The zero-order chi connectivity index (χ0) is 14.3. The van der Waals surface area contributed by atoms with Crippen molar-refractivity contribution in [1.29, 1.82) is 0 Å². The van der Waals surface area contributed by atoms with Gasteiger partial charge in [0.2, 0.25) is 5.91 Å². The number of hydrogen-bond acceptors (Lipinski definition) is 4. The molecule has 1 amide bonds. The fourth-order valence-electron chi connectivity index (χ4n) is 2.30. The van der Waals surface area contributed by atoms with E-state index in [0.717, 1.165) is 32.7 Å². The highest BCUT2D eigenvalue weighted by Gasteiger charge is 2.21. The second kappa shape index (κ2) is 8.15. The Balaban J connectivity index is 2.23. The van der Waals surface area contributed by atoms with E-state index in [2.05, 4.69) is 18.7 Å². The Morgan fingerprint density at radius 2 is 1.74 bits per heavy atom. The van der Waals surface area contributed by atoms with E-state index in [0.29, 0.717) is 12.5 Å². The molecule has 0 aliphatic carbocycles. The molecule has 0 bridgehead atoms. The highest BCUT2D eigenvalue weighted by molar-refractivity contribution is 5.81. The van der Waals surface area contributed by atoms with Gasteiger partial charge in [-0.15, -0.1) is 0 Å². The van der Waals surface area contributed by atoms with Crippen LogP contribution in [0.3, 0.4) is 0 Å². The second-order valence-corrected chi connectivity index (χ2v) is 5.38. The molecule has 1 heterocycles. The first-order chi connectivity index (χ1) is 9.02. The van der Waals surface area contributed by atoms with E-state index in [1.54, 1.807) is 6.92 Å². The summed E-state index contributed by atoms with van der Waals surface area (Å²) in [6, 6.07) is 0. The van der Waals surface area contributed by atoms with Gasteiger partial charge in [0, 0.05) is 39.1 Å². The Bertz CT molecular complexity index is 297. The van der Waals surface area contributed by atoms with Crippen molar-refractivity contribution in [1.82, 2.24) is 9.80 Å². The predicted octanol–water partition coefficient (Wildman–Crippen LogP) is 1.13. The van der Waals surface area contributed by atoms with Crippen molar-refractivity contribution in [2.45, 2.75) is 33.6 Å². The van der Waals surface area contributed by atoms with Crippen molar-refractivity contribution in [3.8, 4) is 0 Å². The molecule has 0 radical (unpaired) electrons. The molecule has 1 aliphatic heterocycles. The Labute approximate surface area is 115 Å². The Hall–Kier alpha value is -1.10. The molecule has 1 saturated heterocycles. The molecule has 0 spiro atoms. The lowest BCUT2D eigenvalue weighted by molar-refractivity contribution is -0.146. The standard InChI is InChI=1S/C14H26N2O3/c1-4-19-14(18)6-5-13(17)16-9-7-15(8-10-16)11-12(2)3/h12H,4-11H2,1-3H3. The van der Waals surface area contributed by atoms with Gasteiger partial charge in [-0.25, -0.2) is 0 Å². The van der Waals surface area contributed by atoms with Crippen molar-refractivity contribution in [2.75, 3.05) is 39.3 Å². The second-order valence-electron chi connectivity index (χ2n) is 5.38. The summed E-state index contributed by atoms with van der Waals surface area (Å²) in [6.07, 6.45) is 0.460. The van der Waals surface area contributed by atoms with E-state index in [1.807, 2.05) is 4.90 Å². The Morgan fingerprint density at radius 3 is 2.26 bits per heavy atom. The van der Waals surface area contributed by atoms with Gasteiger partial charge in [-0.3, -0.25) is 14.5 Å². The molecule has 1 fully saturated rings. The highest BCUT2D eigenvalue weighted by Crippen LogP contribution is 2.07. The molecule has 0 N–H and O–H groups in total. The summed E-state index contributed by atoms with van der Waals surface area (Å²) in [4.78, 5) is 27.4. The summed E-state index contributed by atoms with van der Waals surface area (Å²) < 4.78 is 4.82. The van der Waals surface area contributed by atoms with Gasteiger partial charge in [-0.05, 0) is 12.8 Å². The first-order valence-electron chi connectivity index (χ1n) is 7.18. The fraction of sp³-hybridized carbons (Fsp3) is 0.857. The van der Waals surface area contributed by atoms with E-state index in [9.17, 15) is 9.59 Å². The fourth-order valence-corrected chi connectivity index (χ4v) is 2.30. The van der Waals surface area contributed by atoms with Gasteiger partial charge in [-0.1, -0.05) is 13.8 Å². The third-order valence-electron chi connectivity index (χ3n) is 3.20. The van der Waals surface area contributed by atoms with Crippen molar-refractivity contribution < 1.29 is 14.3 Å². The normalized spacial score (nSPS) is 16.7. The molecular formula is C14H26N2O3. The molecule has 0 unspecified atom stereocenters. The number of piperazine rings is 1. The van der Waals surface area contributed by atoms with E-state index in [1.165, 1.54) is 0 Å². The number of carbonyl (C=O) groups is 2. The van der Waals surface area contributed by atoms with Gasteiger partial charge in [0.1, 0.15) is 0 Å². The minimum absolute atomic E-state index is 0.0669. The van der Waals surface area contributed by atoms with E-state index < -0.39 is 0 Å². The first-order valence-corrected chi connectivity index (χ1v) is 7.18. The average molecular weight is 270 g/mol. The molecule has 19 heavy (non-hydrogen) atoms. The zero-order valence-corrected chi connectivity index (χ0v) is 12.4. The van der Waals surface area contributed by atoms with Crippen LogP contribution in [0.25, 0.3) is 0 Å². The number of ether oxygens (including phenoxy) is 1. The van der Waals surface area contributed by atoms with Crippen molar-refractivity contribution >= 4 is 11.9 Å². The number of rotatable bonds is 6. The van der Waals surface area contributed by atoms with E-state index >= 15 is 0 Å². The van der Waals surface area contributed by atoms with Gasteiger partial charge in [0.05, 0.1) is 13.0 Å². The molecule has 5 nitrogen and oxygen atoms in total. The SMILES string of the molecule is CCOC(=O)CCC(=O)N1CCN(CC(C)C)CC1. The topological polar surface area (TPSA) is 49.9 Å². The third-order valence-corrected chi connectivity index (χ3v) is 3.20. The quantitative estimate of drug-likeness (QED) is 0.679. The van der Waals surface area contributed by atoms with Crippen LogP contribution in [0.15, 0.2) is 0 Å². The maximum atomic E-state index is 11.9. The lowest BCUT2D eigenvalue weighted by Crippen LogP contribution is -2.49. The lowest BCUT2D eigenvalue weighted by atomic mass is 10.2. The minimum atomic E-state index is -0.283. The van der Waals surface area contributed by atoms with Gasteiger partial charge in [0.15, 0.2) is 0 Å². The minimum Gasteiger partial charge on any atom is -0.466 e. The van der Waals surface area contributed by atoms with Crippen LogP contribution >= 0.6 is 0 Å². The third kappa shape index (κ3) is 6.05. The molecular weight excluding hydrogens is 244 g/mol. The summed E-state index contributed by atoms with van der Waals surface area (Å²) >= 11 is 0. The summed E-state index contributed by atoms with van der Waals surface area (Å²) in [6.45, 7) is 11.1. The van der Waals surface area contributed by atoms with E-state index in [-0.39, 0.29) is 24.7 Å². The molecule has 0 atom stereocenters. The van der Waals surface area contributed by atoms with Gasteiger partial charge in [-0.2, -0.15) is 0 Å². The predicted molar refractivity (Wildman–Crippen MR) is 73.7 cm³/mol. The Morgan fingerprint density at radius 1 is 1.11 bits per heavy atom. The maximum Gasteiger partial charge on any atom is 0.306 e. The van der Waals surface area contributed by atoms with Crippen LogP contribution < -0.4 is 0 Å². The molecule has 0 saturated carbocycles. The highest BCUT2D eigenvalue weighted by atomic mass is 16.5. The van der Waals surface area contributed by atoms with Crippen LogP contribution in [-0.4, -0.2) is 61.0 Å².